The largest absolute Gasteiger partial charge is 0.416 e. The Labute approximate surface area is 97.0 Å². The molecular formula is C12H13F3O2. The van der Waals surface area contributed by atoms with Crippen molar-refractivity contribution >= 4 is 0 Å². The predicted molar refractivity (Wildman–Crippen MR) is 55.4 cm³/mol. The molecule has 1 aliphatic heterocycles. The van der Waals surface area contributed by atoms with Crippen LogP contribution in [0.25, 0.3) is 0 Å². The summed E-state index contributed by atoms with van der Waals surface area (Å²) in [7, 11) is 0. The lowest BCUT2D eigenvalue weighted by atomic mass is 9.90. The first-order chi connectivity index (χ1) is 7.98. The smallest absolute Gasteiger partial charge is 0.393 e. The van der Waals surface area contributed by atoms with Crippen LogP contribution in [0.2, 0.25) is 0 Å². The third kappa shape index (κ3) is 2.30. The van der Waals surface area contributed by atoms with Gasteiger partial charge in [0.05, 0.1) is 12.2 Å². The van der Waals surface area contributed by atoms with Gasteiger partial charge in [0.15, 0.2) is 0 Å². The Morgan fingerprint density at radius 2 is 2.12 bits per heavy atom. The van der Waals surface area contributed by atoms with Gasteiger partial charge in [0, 0.05) is 6.61 Å². The van der Waals surface area contributed by atoms with Gasteiger partial charge in [0.1, 0.15) is 5.60 Å². The van der Waals surface area contributed by atoms with E-state index in [4.69, 9.17) is 4.74 Å². The molecule has 17 heavy (non-hydrogen) atoms. The minimum Gasteiger partial charge on any atom is -0.393 e. The van der Waals surface area contributed by atoms with Gasteiger partial charge in [-0.15, -0.1) is 0 Å². The van der Waals surface area contributed by atoms with Gasteiger partial charge in [-0.2, -0.15) is 13.2 Å². The van der Waals surface area contributed by atoms with Crippen molar-refractivity contribution in [3.8, 4) is 0 Å². The first kappa shape index (κ1) is 12.4. The summed E-state index contributed by atoms with van der Waals surface area (Å²) in [4.78, 5) is 0. The maximum atomic E-state index is 12.6. The number of alkyl halides is 3. The normalized spacial score (nSPS) is 25.2. The van der Waals surface area contributed by atoms with Gasteiger partial charge < -0.3 is 9.84 Å². The minimum absolute atomic E-state index is 0.297. The fourth-order valence-electron chi connectivity index (χ4n) is 2.12. The number of benzene rings is 1. The van der Waals surface area contributed by atoms with Crippen LogP contribution in [-0.2, 0) is 16.5 Å². The zero-order valence-corrected chi connectivity index (χ0v) is 9.13. The number of hydrogen-bond acceptors (Lipinski definition) is 2. The molecule has 5 heteroatoms. The summed E-state index contributed by atoms with van der Waals surface area (Å²) < 4.78 is 43.2. The average molecular weight is 246 g/mol. The quantitative estimate of drug-likeness (QED) is 0.869. The zero-order valence-electron chi connectivity index (χ0n) is 9.13. The number of aliphatic hydroxyl groups excluding tert-OH is 1. The Morgan fingerprint density at radius 1 is 1.35 bits per heavy atom. The van der Waals surface area contributed by atoms with Crippen LogP contribution in [0, 0.1) is 0 Å². The van der Waals surface area contributed by atoms with Crippen molar-refractivity contribution in [1.29, 1.82) is 0 Å². The third-order valence-electron chi connectivity index (χ3n) is 3.07. The number of hydrogen-bond donors (Lipinski definition) is 1. The highest BCUT2D eigenvalue weighted by atomic mass is 19.4. The number of ether oxygens (including phenoxy) is 1. The van der Waals surface area contributed by atoms with Crippen molar-refractivity contribution in [2.75, 3.05) is 13.2 Å². The molecule has 1 heterocycles. The number of rotatable bonds is 2. The fraction of sp³-hybridized carbons (Fsp3) is 0.500. The van der Waals surface area contributed by atoms with E-state index in [-0.39, 0.29) is 6.61 Å². The summed E-state index contributed by atoms with van der Waals surface area (Å²) in [5.41, 5.74) is -1.27. The second-order valence-electron chi connectivity index (χ2n) is 4.18. The zero-order chi connectivity index (χ0) is 12.5. The Balaban J connectivity index is 2.39. The van der Waals surface area contributed by atoms with Crippen molar-refractivity contribution in [3.63, 3.8) is 0 Å². The fourth-order valence-corrected chi connectivity index (χ4v) is 2.12. The van der Waals surface area contributed by atoms with Crippen molar-refractivity contribution in [1.82, 2.24) is 0 Å². The molecule has 0 spiro atoms. The maximum Gasteiger partial charge on any atom is 0.416 e. The summed E-state index contributed by atoms with van der Waals surface area (Å²) in [6.45, 7) is 0.172. The predicted octanol–water partition coefficient (Wildman–Crippen LogP) is 2.70. The molecule has 2 nitrogen and oxygen atoms in total. The molecule has 1 atom stereocenters. The Kier molecular flexibility index (Phi) is 3.14. The second-order valence-corrected chi connectivity index (χ2v) is 4.18. The summed E-state index contributed by atoms with van der Waals surface area (Å²) >= 11 is 0. The molecule has 1 N–H and O–H groups in total. The van der Waals surface area contributed by atoms with Crippen LogP contribution < -0.4 is 0 Å². The summed E-state index contributed by atoms with van der Waals surface area (Å²) in [5, 5.41) is 9.36. The Bertz CT molecular complexity index is 395. The van der Waals surface area contributed by atoms with Gasteiger partial charge in [-0.3, -0.25) is 0 Å². The van der Waals surface area contributed by atoms with E-state index in [0.29, 0.717) is 18.6 Å². The highest BCUT2D eigenvalue weighted by Gasteiger charge is 2.38. The van der Waals surface area contributed by atoms with Crippen LogP contribution in [0.1, 0.15) is 24.0 Å². The van der Waals surface area contributed by atoms with Crippen molar-refractivity contribution < 1.29 is 23.0 Å². The molecule has 0 aromatic heterocycles. The highest BCUT2D eigenvalue weighted by Crippen LogP contribution is 2.38. The monoisotopic (exact) mass is 246 g/mol. The van der Waals surface area contributed by atoms with Crippen molar-refractivity contribution in [3.05, 3.63) is 35.4 Å². The Hall–Kier alpha value is -1.07. The van der Waals surface area contributed by atoms with Crippen LogP contribution in [-0.4, -0.2) is 18.3 Å². The van der Waals surface area contributed by atoms with Crippen molar-refractivity contribution in [2.24, 2.45) is 0 Å². The topological polar surface area (TPSA) is 29.5 Å². The molecule has 1 fully saturated rings. The highest BCUT2D eigenvalue weighted by molar-refractivity contribution is 5.30. The van der Waals surface area contributed by atoms with Crippen LogP contribution in [0.4, 0.5) is 13.2 Å². The molecule has 1 aromatic rings. The molecule has 1 aliphatic rings. The van der Waals surface area contributed by atoms with Gasteiger partial charge in [-0.05, 0) is 30.5 Å². The van der Waals surface area contributed by atoms with Gasteiger partial charge in [0.25, 0.3) is 0 Å². The van der Waals surface area contributed by atoms with E-state index in [1.807, 2.05) is 0 Å². The van der Waals surface area contributed by atoms with E-state index in [0.717, 1.165) is 18.6 Å². The average Bonchev–Trinajstić information content (AvgIpc) is 2.78. The standard InChI is InChI=1S/C12H13F3O2/c13-12(14,15)10-4-1-3-9(7-10)11(8-16)5-2-6-17-11/h1,3-4,7,16H,2,5-6,8H2. The van der Waals surface area contributed by atoms with Gasteiger partial charge in [0.2, 0.25) is 0 Å². The summed E-state index contributed by atoms with van der Waals surface area (Å²) in [6, 6.07) is 4.99. The molecule has 2 rings (SSSR count). The van der Waals surface area contributed by atoms with Gasteiger partial charge in [-0.1, -0.05) is 12.1 Å². The van der Waals surface area contributed by atoms with Crippen LogP contribution in [0.3, 0.4) is 0 Å². The first-order valence-electron chi connectivity index (χ1n) is 5.40. The van der Waals surface area contributed by atoms with E-state index in [2.05, 4.69) is 0 Å². The lowest BCUT2D eigenvalue weighted by Gasteiger charge is -2.27. The van der Waals surface area contributed by atoms with E-state index in [1.165, 1.54) is 6.07 Å². The summed E-state index contributed by atoms with van der Waals surface area (Å²) in [5.74, 6) is 0. The molecule has 0 amide bonds. The minimum atomic E-state index is -4.37. The molecule has 0 bridgehead atoms. The first-order valence-corrected chi connectivity index (χ1v) is 5.40. The van der Waals surface area contributed by atoms with Gasteiger partial charge >= 0.3 is 6.18 Å². The number of aliphatic hydroxyl groups is 1. The van der Waals surface area contributed by atoms with Crippen LogP contribution >= 0.6 is 0 Å². The molecule has 0 saturated carbocycles. The maximum absolute atomic E-state index is 12.6. The molecule has 0 aliphatic carbocycles. The molecule has 1 saturated heterocycles. The van der Waals surface area contributed by atoms with E-state index >= 15 is 0 Å². The van der Waals surface area contributed by atoms with E-state index in [9.17, 15) is 18.3 Å². The van der Waals surface area contributed by atoms with Crippen molar-refractivity contribution in [2.45, 2.75) is 24.6 Å². The molecular weight excluding hydrogens is 233 g/mol. The summed E-state index contributed by atoms with van der Waals surface area (Å²) in [6.07, 6.45) is -3.08. The second kappa shape index (κ2) is 4.31. The lowest BCUT2D eigenvalue weighted by molar-refractivity contribution is -0.137. The van der Waals surface area contributed by atoms with E-state index in [1.54, 1.807) is 6.07 Å². The van der Waals surface area contributed by atoms with Crippen LogP contribution in [0.15, 0.2) is 24.3 Å². The van der Waals surface area contributed by atoms with Gasteiger partial charge in [-0.25, -0.2) is 0 Å². The molecule has 1 unspecified atom stereocenters. The van der Waals surface area contributed by atoms with E-state index < -0.39 is 17.3 Å². The molecule has 1 aromatic carbocycles. The number of halogens is 3. The third-order valence-corrected chi connectivity index (χ3v) is 3.07. The SMILES string of the molecule is OCC1(c2cccc(C(F)(F)F)c2)CCCO1. The molecule has 94 valence electrons. The Morgan fingerprint density at radius 3 is 2.65 bits per heavy atom. The molecule has 0 radical (unpaired) electrons. The van der Waals surface area contributed by atoms with Crippen LogP contribution in [0.5, 0.6) is 0 Å². The lowest BCUT2D eigenvalue weighted by Crippen LogP contribution is -2.29.